The van der Waals surface area contributed by atoms with Crippen molar-refractivity contribution < 1.29 is 9.53 Å². The number of hydrogen-bond acceptors (Lipinski definition) is 4. The number of fused-ring (bicyclic) bond motifs is 1. The van der Waals surface area contributed by atoms with Crippen molar-refractivity contribution in [3.63, 3.8) is 0 Å². The van der Waals surface area contributed by atoms with E-state index in [0.29, 0.717) is 12.4 Å². The number of amides is 1. The molecule has 0 fully saturated rings. The molecule has 2 N–H and O–H groups in total. The smallest absolute Gasteiger partial charge is 0.253 e. The van der Waals surface area contributed by atoms with Gasteiger partial charge in [0.2, 0.25) is 5.88 Å². The molecule has 1 aliphatic rings. The van der Waals surface area contributed by atoms with Crippen molar-refractivity contribution >= 4 is 5.91 Å². The van der Waals surface area contributed by atoms with Crippen LogP contribution in [0.4, 0.5) is 0 Å². The van der Waals surface area contributed by atoms with Gasteiger partial charge in [0.15, 0.2) is 0 Å². The maximum absolute atomic E-state index is 11.9. The first-order chi connectivity index (χ1) is 11.7. The normalized spacial score (nSPS) is 13.3. The number of rotatable bonds is 3. The van der Waals surface area contributed by atoms with Gasteiger partial charge in [0, 0.05) is 53.9 Å². The lowest BCUT2D eigenvalue weighted by molar-refractivity contribution is 0.0946. The topological polar surface area (TPSA) is 79.9 Å². The molecule has 0 saturated carbocycles. The fraction of sp³-hybridized carbons (Fsp3) is 0.167. The van der Waals surface area contributed by atoms with Gasteiger partial charge in [0.05, 0.1) is 18.4 Å². The standard InChI is InChI=1S/C18H16N4O2/c1-24-17-3-2-12(10-21-17)15-8-11(4-6-19-15)16-9-13-14(22-16)5-7-20-18(13)23/h2-4,6,8-10,22H,5,7H2,1H3,(H,20,23). The molecule has 3 aromatic heterocycles. The highest BCUT2D eigenvalue weighted by molar-refractivity contribution is 5.97. The molecule has 0 saturated heterocycles. The Kier molecular flexibility index (Phi) is 3.49. The number of carbonyl (C=O) groups excluding carboxylic acids is 1. The summed E-state index contributed by atoms with van der Waals surface area (Å²) in [4.78, 5) is 23.9. The molecule has 1 amide bonds. The zero-order valence-electron chi connectivity index (χ0n) is 13.2. The summed E-state index contributed by atoms with van der Waals surface area (Å²) in [6.07, 6.45) is 4.31. The molecule has 6 nitrogen and oxygen atoms in total. The van der Waals surface area contributed by atoms with Crippen molar-refractivity contribution in [3.05, 3.63) is 54.0 Å². The van der Waals surface area contributed by atoms with Crippen LogP contribution in [0.15, 0.2) is 42.7 Å². The minimum Gasteiger partial charge on any atom is -0.481 e. The van der Waals surface area contributed by atoms with Gasteiger partial charge in [0.1, 0.15) is 0 Å². The van der Waals surface area contributed by atoms with E-state index in [2.05, 4.69) is 20.3 Å². The molecule has 0 radical (unpaired) electrons. The molecular formula is C18H16N4O2. The van der Waals surface area contributed by atoms with Gasteiger partial charge < -0.3 is 15.0 Å². The lowest BCUT2D eigenvalue weighted by atomic mass is 10.1. The van der Waals surface area contributed by atoms with Gasteiger partial charge >= 0.3 is 0 Å². The van der Waals surface area contributed by atoms with E-state index in [4.69, 9.17) is 4.74 Å². The van der Waals surface area contributed by atoms with Crippen molar-refractivity contribution in [1.29, 1.82) is 0 Å². The molecule has 3 aromatic rings. The van der Waals surface area contributed by atoms with E-state index < -0.39 is 0 Å². The molecule has 0 bridgehead atoms. The molecule has 24 heavy (non-hydrogen) atoms. The first-order valence-corrected chi connectivity index (χ1v) is 7.71. The fourth-order valence-corrected chi connectivity index (χ4v) is 2.86. The SMILES string of the molecule is COc1ccc(-c2cc(-c3cc4c([nH]3)CCNC4=O)ccn2)cn1. The summed E-state index contributed by atoms with van der Waals surface area (Å²) >= 11 is 0. The Hall–Kier alpha value is -3.15. The number of aromatic amines is 1. The van der Waals surface area contributed by atoms with Crippen LogP contribution in [-0.4, -0.2) is 34.5 Å². The van der Waals surface area contributed by atoms with Crippen molar-refractivity contribution in [2.75, 3.05) is 13.7 Å². The number of nitrogens with zero attached hydrogens (tertiary/aromatic N) is 2. The molecule has 0 spiro atoms. The molecule has 0 aliphatic carbocycles. The van der Waals surface area contributed by atoms with Crippen LogP contribution in [0.2, 0.25) is 0 Å². The van der Waals surface area contributed by atoms with Crippen LogP contribution in [0.1, 0.15) is 16.1 Å². The third-order valence-electron chi connectivity index (χ3n) is 4.12. The highest BCUT2D eigenvalue weighted by atomic mass is 16.5. The summed E-state index contributed by atoms with van der Waals surface area (Å²) in [7, 11) is 1.59. The van der Waals surface area contributed by atoms with Crippen molar-refractivity contribution in [3.8, 4) is 28.4 Å². The Morgan fingerprint density at radius 2 is 2.04 bits per heavy atom. The number of aromatic nitrogens is 3. The highest BCUT2D eigenvalue weighted by Crippen LogP contribution is 2.27. The first kappa shape index (κ1) is 14.4. The summed E-state index contributed by atoms with van der Waals surface area (Å²) in [5, 5.41) is 2.86. The summed E-state index contributed by atoms with van der Waals surface area (Å²) in [5.74, 6) is 0.547. The van der Waals surface area contributed by atoms with E-state index >= 15 is 0 Å². The van der Waals surface area contributed by atoms with E-state index in [1.54, 1.807) is 25.6 Å². The number of pyridine rings is 2. The largest absolute Gasteiger partial charge is 0.481 e. The van der Waals surface area contributed by atoms with Gasteiger partial charge in [0.25, 0.3) is 5.91 Å². The number of carbonyl (C=O) groups is 1. The van der Waals surface area contributed by atoms with Gasteiger partial charge in [-0.15, -0.1) is 0 Å². The van der Waals surface area contributed by atoms with Gasteiger partial charge in [-0.1, -0.05) is 0 Å². The Bertz CT molecular complexity index is 900. The first-order valence-electron chi connectivity index (χ1n) is 7.71. The minimum atomic E-state index is -0.0209. The van der Waals surface area contributed by atoms with Crippen LogP contribution in [0.5, 0.6) is 5.88 Å². The Morgan fingerprint density at radius 1 is 1.12 bits per heavy atom. The second-order valence-electron chi connectivity index (χ2n) is 5.60. The monoisotopic (exact) mass is 320 g/mol. The molecule has 1 aliphatic heterocycles. The Labute approximate surface area is 138 Å². The number of H-pyrrole nitrogens is 1. The lowest BCUT2D eigenvalue weighted by Crippen LogP contribution is -2.31. The predicted molar refractivity (Wildman–Crippen MR) is 89.8 cm³/mol. The molecule has 0 atom stereocenters. The van der Waals surface area contributed by atoms with Crippen molar-refractivity contribution in [1.82, 2.24) is 20.3 Å². The zero-order valence-corrected chi connectivity index (χ0v) is 13.2. The Balaban J connectivity index is 1.71. The molecule has 6 heteroatoms. The van der Waals surface area contributed by atoms with Crippen LogP contribution in [-0.2, 0) is 6.42 Å². The average Bonchev–Trinajstić information content (AvgIpc) is 3.08. The molecule has 4 heterocycles. The van der Waals surface area contributed by atoms with Gasteiger partial charge in [-0.3, -0.25) is 9.78 Å². The summed E-state index contributed by atoms with van der Waals surface area (Å²) in [6, 6.07) is 9.54. The molecular weight excluding hydrogens is 304 g/mol. The average molecular weight is 320 g/mol. The lowest BCUT2D eigenvalue weighted by Gasteiger charge is -2.10. The molecule has 4 rings (SSSR count). The molecule has 120 valence electrons. The van der Waals surface area contributed by atoms with Crippen LogP contribution >= 0.6 is 0 Å². The minimum absolute atomic E-state index is 0.0209. The van der Waals surface area contributed by atoms with Crippen LogP contribution < -0.4 is 10.1 Å². The molecule has 0 aromatic carbocycles. The van der Waals surface area contributed by atoms with Gasteiger partial charge in [-0.2, -0.15) is 0 Å². The van der Waals surface area contributed by atoms with Crippen LogP contribution in [0.3, 0.4) is 0 Å². The number of ether oxygens (including phenoxy) is 1. The number of methoxy groups -OCH3 is 1. The van der Waals surface area contributed by atoms with Gasteiger partial charge in [-0.05, 0) is 24.3 Å². The predicted octanol–water partition coefficient (Wildman–Crippen LogP) is 2.43. The van der Waals surface area contributed by atoms with Gasteiger partial charge in [-0.25, -0.2) is 4.98 Å². The van der Waals surface area contributed by atoms with E-state index in [9.17, 15) is 4.79 Å². The van der Waals surface area contributed by atoms with E-state index in [1.807, 2.05) is 24.3 Å². The third-order valence-corrected chi connectivity index (χ3v) is 4.12. The number of nitrogens with one attached hydrogen (secondary N) is 2. The van der Waals surface area contributed by atoms with Crippen LogP contribution in [0.25, 0.3) is 22.5 Å². The Morgan fingerprint density at radius 3 is 2.79 bits per heavy atom. The van der Waals surface area contributed by atoms with E-state index in [0.717, 1.165) is 40.2 Å². The fourth-order valence-electron chi connectivity index (χ4n) is 2.86. The second-order valence-corrected chi connectivity index (χ2v) is 5.60. The van der Waals surface area contributed by atoms with E-state index in [-0.39, 0.29) is 5.91 Å². The molecule has 0 unspecified atom stereocenters. The summed E-state index contributed by atoms with van der Waals surface area (Å²) in [6.45, 7) is 0.672. The zero-order chi connectivity index (χ0) is 16.5. The quantitative estimate of drug-likeness (QED) is 0.777. The maximum atomic E-state index is 11.9. The van der Waals surface area contributed by atoms with Crippen LogP contribution in [0, 0.1) is 0 Å². The second kappa shape index (κ2) is 5.81. The summed E-state index contributed by atoms with van der Waals surface area (Å²) in [5.41, 5.74) is 5.34. The highest BCUT2D eigenvalue weighted by Gasteiger charge is 2.20. The van der Waals surface area contributed by atoms with Crippen molar-refractivity contribution in [2.45, 2.75) is 6.42 Å². The maximum Gasteiger partial charge on any atom is 0.253 e. The van der Waals surface area contributed by atoms with Crippen molar-refractivity contribution in [2.24, 2.45) is 0 Å². The third kappa shape index (κ3) is 2.52. The van der Waals surface area contributed by atoms with E-state index in [1.165, 1.54) is 0 Å². The number of hydrogen-bond donors (Lipinski definition) is 2. The summed E-state index contributed by atoms with van der Waals surface area (Å²) < 4.78 is 5.08.